The quantitative estimate of drug-likeness (QED) is 0.181. The van der Waals surface area contributed by atoms with Gasteiger partial charge in [0.1, 0.15) is 4.60 Å². The number of Topliss-reactive ketones (excluding diaryl/α,β-unsaturated/α-hetero) is 1. The zero-order valence-electron chi connectivity index (χ0n) is 23.7. The number of aryl methyl sites for hydroxylation is 1. The Balaban J connectivity index is 1.26. The van der Waals surface area contributed by atoms with Crippen LogP contribution in [0.1, 0.15) is 32.6 Å². The second-order valence-corrected chi connectivity index (χ2v) is 11.4. The first-order chi connectivity index (χ1) is 21.2. The van der Waals surface area contributed by atoms with Crippen LogP contribution in [-0.4, -0.2) is 56.3 Å². The van der Waals surface area contributed by atoms with Gasteiger partial charge in [-0.1, -0.05) is 24.3 Å². The summed E-state index contributed by atoms with van der Waals surface area (Å²) in [5.41, 5.74) is 3.71. The average Bonchev–Trinajstić information content (AvgIpc) is 3.40. The summed E-state index contributed by atoms with van der Waals surface area (Å²) in [6, 6.07) is 13.1. The summed E-state index contributed by atoms with van der Waals surface area (Å²) >= 11 is 3.53. The summed E-state index contributed by atoms with van der Waals surface area (Å²) in [5.74, 6) is 0.0915. The average molecular weight is 666 g/mol. The Kier molecular flexibility index (Phi) is 8.48. The van der Waals surface area contributed by atoms with Gasteiger partial charge >= 0.3 is 6.18 Å². The van der Waals surface area contributed by atoms with Gasteiger partial charge in [0.25, 0.3) is 0 Å². The van der Waals surface area contributed by atoms with E-state index < -0.39 is 17.5 Å². The Morgan fingerprint density at radius 2 is 1.91 bits per heavy atom. The second kappa shape index (κ2) is 12.5. The van der Waals surface area contributed by atoms with Crippen LogP contribution in [0, 0.1) is 6.92 Å². The van der Waals surface area contributed by atoms with E-state index in [1.165, 1.54) is 12.1 Å². The lowest BCUT2D eigenvalue weighted by Gasteiger charge is -2.27. The molecule has 0 unspecified atom stereocenters. The summed E-state index contributed by atoms with van der Waals surface area (Å²) in [6.45, 7) is 4.17. The molecule has 0 aliphatic carbocycles. The van der Waals surface area contributed by atoms with Crippen molar-refractivity contribution in [3.63, 3.8) is 0 Å². The monoisotopic (exact) mass is 664 g/mol. The van der Waals surface area contributed by atoms with Gasteiger partial charge < -0.3 is 10.1 Å². The molecule has 226 valence electrons. The topological polar surface area (TPSA) is 84.6 Å². The van der Waals surface area contributed by atoms with E-state index in [9.17, 15) is 18.0 Å². The molecule has 1 N–H and O–H groups in total. The number of halogens is 4. The maximum absolute atomic E-state index is 14.0. The summed E-state index contributed by atoms with van der Waals surface area (Å²) in [6.07, 6.45) is 2.30. The van der Waals surface area contributed by atoms with E-state index in [0.29, 0.717) is 54.7 Å². The molecule has 8 nitrogen and oxygen atoms in total. The number of aromatic nitrogens is 4. The molecule has 5 aromatic rings. The molecule has 1 saturated heterocycles. The number of carbonyl (C=O) groups excluding carboxylic acids is 1. The van der Waals surface area contributed by atoms with Crippen LogP contribution in [0.5, 0.6) is 0 Å². The zero-order chi connectivity index (χ0) is 30.8. The van der Waals surface area contributed by atoms with Gasteiger partial charge in [0.15, 0.2) is 17.2 Å². The van der Waals surface area contributed by atoms with Crippen LogP contribution in [0.15, 0.2) is 77.9 Å². The van der Waals surface area contributed by atoms with Crippen LogP contribution in [0.4, 0.5) is 24.7 Å². The molecule has 0 radical (unpaired) electrons. The summed E-state index contributed by atoms with van der Waals surface area (Å²) in [4.78, 5) is 28.7. The lowest BCUT2D eigenvalue weighted by Crippen LogP contribution is -2.36. The Labute approximate surface area is 260 Å². The van der Waals surface area contributed by atoms with Gasteiger partial charge in [-0.15, -0.1) is 0 Å². The number of nitrogens with zero attached hydrogens (tertiary/aromatic N) is 5. The van der Waals surface area contributed by atoms with Crippen molar-refractivity contribution in [1.82, 2.24) is 24.3 Å². The molecule has 6 rings (SSSR count). The van der Waals surface area contributed by atoms with Crippen LogP contribution in [0.25, 0.3) is 16.9 Å². The lowest BCUT2D eigenvalue weighted by atomic mass is 9.97. The Hall–Kier alpha value is -4.13. The van der Waals surface area contributed by atoms with Gasteiger partial charge in [-0.2, -0.15) is 13.2 Å². The predicted molar refractivity (Wildman–Crippen MR) is 164 cm³/mol. The van der Waals surface area contributed by atoms with Gasteiger partial charge in [0.05, 0.1) is 30.7 Å². The number of carbonyl (C=O) groups is 1. The molecule has 0 amide bonds. The first-order valence-electron chi connectivity index (χ1n) is 14.0. The molecular formula is C32H28BrF3N6O2. The number of rotatable bonds is 8. The predicted octanol–water partition coefficient (Wildman–Crippen LogP) is 6.88. The van der Waals surface area contributed by atoms with E-state index in [0.717, 1.165) is 21.8 Å². The van der Waals surface area contributed by atoms with Gasteiger partial charge in [-0.25, -0.2) is 9.97 Å². The Bertz CT molecular complexity index is 1820. The van der Waals surface area contributed by atoms with Crippen molar-refractivity contribution in [2.75, 3.05) is 31.6 Å². The second-order valence-electron chi connectivity index (χ2n) is 10.6. The van der Waals surface area contributed by atoms with Crippen LogP contribution >= 0.6 is 15.9 Å². The highest BCUT2D eigenvalue weighted by atomic mass is 79.9. The van der Waals surface area contributed by atoms with Crippen LogP contribution in [0.3, 0.4) is 0 Å². The fourth-order valence-electron chi connectivity index (χ4n) is 5.18. The molecule has 0 bridgehead atoms. The molecule has 1 aliphatic rings. The number of hydrogen-bond acceptors (Lipinski definition) is 7. The number of nitrogens with one attached hydrogen (secondary N) is 1. The number of benzene rings is 2. The molecule has 3 aromatic heterocycles. The normalized spacial score (nSPS) is 14.2. The number of anilines is 2. The van der Waals surface area contributed by atoms with E-state index in [1.54, 1.807) is 24.7 Å². The number of ketones is 1. The van der Waals surface area contributed by atoms with Crippen molar-refractivity contribution in [2.45, 2.75) is 26.1 Å². The molecule has 1 aliphatic heterocycles. The SMILES string of the molecule is Cc1ccc(CC(=O)c2ccc(CN3CCOCC3)c(C(F)(F)F)c2)cc1Nc1nc(-c2cccnc2)cn2c(Br)cnc12. The third-order valence-corrected chi connectivity index (χ3v) is 8.15. The third-order valence-electron chi connectivity index (χ3n) is 7.56. The fourth-order valence-corrected chi connectivity index (χ4v) is 5.55. The van der Waals surface area contributed by atoms with Crippen molar-refractivity contribution in [2.24, 2.45) is 0 Å². The maximum Gasteiger partial charge on any atom is 0.416 e. The zero-order valence-corrected chi connectivity index (χ0v) is 25.3. The van der Waals surface area contributed by atoms with Gasteiger partial charge in [0, 0.05) is 61.5 Å². The highest BCUT2D eigenvalue weighted by Crippen LogP contribution is 2.34. The van der Waals surface area contributed by atoms with Crippen molar-refractivity contribution in [3.05, 3.63) is 106 Å². The van der Waals surface area contributed by atoms with Gasteiger partial charge in [-0.05, 0) is 63.8 Å². The van der Waals surface area contributed by atoms with E-state index in [1.807, 2.05) is 46.7 Å². The number of fused-ring (bicyclic) bond motifs is 1. The third kappa shape index (κ3) is 6.52. The van der Waals surface area contributed by atoms with Gasteiger partial charge in [-0.3, -0.25) is 19.1 Å². The maximum atomic E-state index is 14.0. The van der Waals surface area contributed by atoms with E-state index in [4.69, 9.17) is 9.72 Å². The molecule has 0 saturated carbocycles. The number of alkyl halides is 3. The molecule has 4 heterocycles. The number of imidazole rings is 1. The first kappa shape index (κ1) is 29.9. The smallest absolute Gasteiger partial charge is 0.379 e. The summed E-state index contributed by atoms with van der Waals surface area (Å²) < 4.78 is 50.0. The minimum Gasteiger partial charge on any atom is -0.379 e. The molecule has 0 atom stereocenters. The van der Waals surface area contributed by atoms with Gasteiger partial charge in [0.2, 0.25) is 0 Å². The van der Waals surface area contributed by atoms with Crippen molar-refractivity contribution in [3.8, 4) is 11.3 Å². The number of hydrogen-bond donors (Lipinski definition) is 1. The van der Waals surface area contributed by atoms with Crippen molar-refractivity contribution < 1.29 is 22.7 Å². The molecule has 2 aromatic carbocycles. The minimum atomic E-state index is -4.58. The number of ether oxygens (including phenoxy) is 1. The highest BCUT2D eigenvalue weighted by molar-refractivity contribution is 9.10. The standard InChI is InChI=1S/C32H28BrF3N6O2/c1-20-4-5-21(14-28(43)22-6-7-24(25(15-22)32(34,35)36)18-41-9-11-44-12-10-41)13-26(20)39-30-31-38-17-29(33)42(31)19-27(40-30)23-3-2-8-37-16-23/h2-8,13,15-17,19H,9-12,14,18H2,1H3,(H,39,40). The molecule has 0 spiro atoms. The van der Waals surface area contributed by atoms with Crippen LogP contribution < -0.4 is 5.32 Å². The van der Waals surface area contributed by atoms with E-state index in [-0.39, 0.29) is 24.1 Å². The fraction of sp³-hybridized carbons (Fsp3) is 0.250. The summed E-state index contributed by atoms with van der Waals surface area (Å²) in [5, 5.41) is 3.36. The Morgan fingerprint density at radius 3 is 2.66 bits per heavy atom. The summed E-state index contributed by atoms with van der Waals surface area (Å²) in [7, 11) is 0. The van der Waals surface area contributed by atoms with Crippen molar-refractivity contribution in [1.29, 1.82) is 0 Å². The van der Waals surface area contributed by atoms with Crippen LogP contribution in [0.2, 0.25) is 0 Å². The molecule has 44 heavy (non-hydrogen) atoms. The number of pyridine rings is 1. The highest BCUT2D eigenvalue weighted by Gasteiger charge is 2.34. The van der Waals surface area contributed by atoms with E-state index >= 15 is 0 Å². The van der Waals surface area contributed by atoms with E-state index in [2.05, 4.69) is 31.2 Å². The molecular weight excluding hydrogens is 637 g/mol. The Morgan fingerprint density at radius 1 is 1.09 bits per heavy atom. The first-order valence-corrected chi connectivity index (χ1v) is 14.8. The largest absolute Gasteiger partial charge is 0.416 e. The molecule has 1 fully saturated rings. The minimum absolute atomic E-state index is 0.0212. The van der Waals surface area contributed by atoms with Crippen LogP contribution in [-0.2, 0) is 23.9 Å². The lowest BCUT2D eigenvalue weighted by molar-refractivity contribution is -0.138. The van der Waals surface area contributed by atoms with Crippen molar-refractivity contribution >= 4 is 38.9 Å². The number of morpholine rings is 1. The molecule has 12 heteroatoms.